The van der Waals surface area contributed by atoms with Gasteiger partial charge < -0.3 is 0 Å². The smallest absolute Gasteiger partial charge is 0.202 e. The predicted octanol–water partition coefficient (Wildman–Crippen LogP) is 4.12. The summed E-state index contributed by atoms with van der Waals surface area (Å²) in [6.45, 7) is 1.48. The average molecular weight is 247 g/mol. The number of carbonyl (C=O) groups excluding carboxylic acids is 1. The van der Waals surface area contributed by atoms with Crippen molar-refractivity contribution in [2.24, 2.45) is 0 Å². The van der Waals surface area contributed by atoms with Crippen LogP contribution in [-0.2, 0) is 4.79 Å². The molecular weight excluding hydrogens is 232 g/mol. The SMILES string of the molecule is CC(=O)C#CCCC/C=C/c1ccc(Cl)cc1. The summed E-state index contributed by atoms with van der Waals surface area (Å²) in [4.78, 5) is 10.5. The molecule has 0 saturated heterocycles. The van der Waals surface area contributed by atoms with Crippen LogP contribution < -0.4 is 0 Å². The van der Waals surface area contributed by atoms with Gasteiger partial charge in [-0.1, -0.05) is 41.8 Å². The summed E-state index contributed by atoms with van der Waals surface area (Å²) in [6, 6.07) is 7.71. The van der Waals surface area contributed by atoms with Crippen molar-refractivity contribution in [2.45, 2.75) is 26.2 Å². The summed E-state index contributed by atoms with van der Waals surface area (Å²) in [5, 5.41) is 0.752. The first kappa shape index (κ1) is 13.5. The first-order valence-electron chi connectivity index (χ1n) is 5.60. The van der Waals surface area contributed by atoms with Gasteiger partial charge in [0.15, 0.2) is 0 Å². The van der Waals surface area contributed by atoms with E-state index in [1.807, 2.05) is 24.3 Å². The van der Waals surface area contributed by atoms with Gasteiger partial charge in [-0.05, 0) is 36.5 Å². The van der Waals surface area contributed by atoms with Crippen molar-refractivity contribution in [3.05, 3.63) is 40.9 Å². The molecule has 0 radical (unpaired) electrons. The molecule has 0 spiro atoms. The van der Waals surface area contributed by atoms with Crippen molar-refractivity contribution in [1.29, 1.82) is 0 Å². The number of hydrogen-bond donors (Lipinski definition) is 0. The summed E-state index contributed by atoms with van der Waals surface area (Å²) in [5.41, 5.74) is 1.14. The van der Waals surface area contributed by atoms with Crippen LogP contribution in [-0.4, -0.2) is 5.78 Å². The first-order valence-corrected chi connectivity index (χ1v) is 5.98. The van der Waals surface area contributed by atoms with Crippen LogP contribution in [0.25, 0.3) is 6.08 Å². The minimum absolute atomic E-state index is 0.0679. The minimum atomic E-state index is -0.0679. The maximum absolute atomic E-state index is 10.5. The molecule has 0 bridgehead atoms. The summed E-state index contributed by atoms with van der Waals surface area (Å²) >= 11 is 5.79. The number of rotatable bonds is 4. The minimum Gasteiger partial charge on any atom is -0.285 e. The molecule has 1 nitrogen and oxygen atoms in total. The van der Waals surface area contributed by atoms with E-state index in [2.05, 4.69) is 24.0 Å². The Morgan fingerprint density at radius 3 is 2.71 bits per heavy atom. The second kappa shape index (κ2) is 7.70. The average Bonchev–Trinajstić information content (AvgIpc) is 2.30. The standard InChI is InChI=1S/C15H15ClO/c1-13(17)7-5-3-2-4-6-8-14-9-11-15(16)12-10-14/h6,8-12H,2-4H2,1H3/b8-6+. The lowest BCUT2D eigenvalue weighted by molar-refractivity contribution is -0.111. The Bertz CT molecular complexity index is 446. The van der Waals surface area contributed by atoms with Crippen molar-refractivity contribution in [2.75, 3.05) is 0 Å². The number of allylic oxidation sites excluding steroid dienone is 1. The van der Waals surface area contributed by atoms with E-state index in [1.54, 1.807) is 0 Å². The predicted molar refractivity (Wildman–Crippen MR) is 72.8 cm³/mol. The molecule has 0 atom stereocenters. The highest BCUT2D eigenvalue weighted by molar-refractivity contribution is 6.30. The van der Waals surface area contributed by atoms with Crippen LogP contribution >= 0.6 is 11.6 Å². The summed E-state index contributed by atoms with van der Waals surface area (Å²) in [5.74, 6) is 5.30. The van der Waals surface area contributed by atoms with E-state index in [9.17, 15) is 4.79 Å². The van der Waals surface area contributed by atoms with Crippen molar-refractivity contribution in [1.82, 2.24) is 0 Å². The molecule has 0 aliphatic heterocycles. The Hall–Kier alpha value is -1.52. The highest BCUT2D eigenvalue weighted by Gasteiger charge is 1.87. The van der Waals surface area contributed by atoms with Gasteiger partial charge in [-0.2, -0.15) is 0 Å². The molecule has 0 fully saturated rings. The Labute approximate surface area is 107 Å². The van der Waals surface area contributed by atoms with Gasteiger partial charge in [-0.3, -0.25) is 4.79 Å². The summed E-state index contributed by atoms with van der Waals surface area (Å²) < 4.78 is 0. The van der Waals surface area contributed by atoms with Crippen LogP contribution in [0.2, 0.25) is 5.02 Å². The van der Waals surface area contributed by atoms with Crippen molar-refractivity contribution >= 4 is 23.5 Å². The molecule has 88 valence electrons. The Morgan fingerprint density at radius 1 is 1.35 bits per heavy atom. The molecule has 0 aromatic heterocycles. The fourth-order valence-corrected chi connectivity index (χ4v) is 1.41. The molecule has 0 aliphatic carbocycles. The zero-order valence-electron chi connectivity index (χ0n) is 9.87. The van der Waals surface area contributed by atoms with Crippen LogP contribution in [0.4, 0.5) is 0 Å². The molecule has 1 aromatic carbocycles. The number of unbranched alkanes of at least 4 members (excludes halogenated alkanes) is 2. The van der Waals surface area contributed by atoms with Crippen molar-refractivity contribution in [3.63, 3.8) is 0 Å². The molecule has 17 heavy (non-hydrogen) atoms. The monoisotopic (exact) mass is 246 g/mol. The second-order valence-corrected chi connectivity index (χ2v) is 4.14. The largest absolute Gasteiger partial charge is 0.285 e. The maximum atomic E-state index is 10.5. The number of carbonyl (C=O) groups is 1. The number of Topliss-reactive ketones (excluding diaryl/α,β-unsaturated/α-hetero) is 1. The fourth-order valence-electron chi connectivity index (χ4n) is 1.29. The number of ketones is 1. The topological polar surface area (TPSA) is 17.1 Å². The van der Waals surface area contributed by atoms with Gasteiger partial charge >= 0.3 is 0 Å². The van der Waals surface area contributed by atoms with Gasteiger partial charge in [-0.15, -0.1) is 0 Å². The van der Waals surface area contributed by atoms with Gasteiger partial charge in [0.25, 0.3) is 0 Å². The molecule has 0 N–H and O–H groups in total. The fraction of sp³-hybridized carbons (Fsp3) is 0.267. The third-order valence-electron chi connectivity index (χ3n) is 2.12. The second-order valence-electron chi connectivity index (χ2n) is 3.70. The highest BCUT2D eigenvalue weighted by Crippen LogP contribution is 2.11. The quantitative estimate of drug-likeness (QED) is 0.444. The molecule has 0 unspecified atom stereocenters. The number of hydrogen-bond acceptors (Lipinski definition) is 1. The van der Waals surface area contributed by atoms with E-state index in [0.717, 1.165) is 29.8 Å². The molecule has 0 saturated carbocycles. The molecule has 1 rings (SSSR count). The van der Waals surface area contributed by atoms with E-state index in [4.69, 9.17) is 11.6 Å². The molecular formula is C15H15ClO. The number of benzene rings is 1. The van der Waals surface area contributed by atoms with Gasteiger partial charge in [-0.25, -0.2) is 0 Å². The van der Waals surface area contributed by atoms with Crippen LogP contribution in [0.1, 0.15) is 31.7 Å². The van der Waals surface area contributed by atoms with E-state index >= 15 is 0 Å². The molecule has 0 amide bonds. The Kier molecular flexibility index (Phi) is 6.14. The van der Waals surface area contributed by atoms with Gasteiger partial charge in [0.2, 0.25) is 5.78 Å². The maximum Gasteiger partial charge on any atom is 0.202 e. The number of halogens is 1. The molecule has 1 aromatic rings. The summed E-state index contributed by atoms with van der Waals surface area (Å²) in [7, 11) is 0. The van der Waals surface area contributed by atoms with Crippen molar-refractivity contribution < 1.29 is 4.79 Å². The lowest BCUT2D eigenvalue weighted by Crippen LogP contribution is -1.80. The summed E-state index contributed by atoms with van der Waals surface area (Å²) in [6.07, 6.45) is 6.89. The molecule has 0 aliphatic rings. The van der Waals surface area contributed by atoms with E-state index in [0.29, 0.717) is 0 Å². The lowest BCUT2D eigenvalue weighted by atomic mass is 10.1. The zero-order valence-corrected chi connectivity index (χ0v) is 10.6. The lowest BCUT2D eigenvalue weighted by Gasteiger charge is -1.93. The van der Waals surface area contributed by atoms with E-state index in [1.165, 1.54) is 6.92 Å². The van der Waals surface area contributed by atoms with Crippen LogP contribution in [0.15, 0.2) is 30.3 Å². The van der Waals surface area contributed by atoms with Crippen molar-refractivity contribution in [3.8, 4) is 11.8 Å². The molecule has 2 heteroatoms. The van der Waals surface area contributed by atoms with Crippen LogP contribution in [0.3, 0.4) is 0 Å². The third-order valence-corrected chi connectivity index (χ3v) is 2.37. The normalized spacial score (nSPS) is 10.0. The van der Waals surface area contributed by atoms with Crippen LogP contribution in [0, 0.1) is 11.8 Å². The highest BCUT2D eigenvalue weighted by atomic mass is 35.5. The van der Waals surface area contributed by atoms with Gasteiger partial charge in [0.1, 0.15) is 0 Å². The Balaban J connectivity index is 2.25. The van der Waals surface area contributed by atoms with Gasteiger partial charge in [0, 0.05) is 18.4 Å². The zero-order chi connectivity index (χ0) is 12.5. The van der Waals surface area contributed by atoms with E-state index in [-0.39, 0.29) is 5.78 Å². The Morgan fingerprint density at radius 2 is 2.06 bits per heavy atom. The molecule has 0 heterocycles. The first-order chi connectivity index (χ1) is 8.18. The van der Waals surface area contributed by atoms with Gasteiger partial charge in [0.05, 0.1) is 0 Å². The third kappa shape index (κ3) is 6.60. The van der Waals surface area contributed by atoms with Crippen LogP contribution in [0.5, 0.6) is 0 Å². The van der Waals surface area contributed by atoms with E-state index < -0.39 is 0 Å².